The van der Waals surface area contributed by atoms with Crippen LogP contribution in [0, 0.1) is 12.2 Å². The normalized spacial score (nSPS) is 9.47. The molecule has 0 aromatic heterocycles. The van der Waals surface area contributed by atoms with Crippen molar-refractivity contribution in [3.05, 3.63) is 24.3 Å². The van der Waals surface area contributed by atoms with E-state index >= 15 is 0 Å². The first-order chi connectivity index (χ1) is 5.91. The van der Waals surface area contributed by atoms with Crippen LogP contribution in [0.25, 0.3) is 0 Å². The first-order valence-corrected chi connectivity index (χ1v) is 4.62. The second kappa shape index (κ2) is 25.6. The van der Waals surface area contributed by atoms with E-state index in [0.717, 1.165) is 32.1 Å². The second-order valence-electron chi connectivity index (χ2n) is 2.57. The van der Waals surface area contributed by atoms with Gasteiger partial charge in [0.05, 0.1) is 0 Å². The van der Waals surface area contributed by atoms with Crippen LogP contribution in [-0.2, 0) is 98.1 Å². The van der Waals surface area contributed by atoms with E-state index < -0.39 is 0 Å². The van der Waals surface area contributed by atoms with Gasteiger partial charge >= 0.3 is 0 Å². The van der Waals surface area contributed by atoms with Crippen LogP contribution in [0.15, 0.2) is 12.2 Å². The number of hydrogen-bond acceptors (Lipinski definition) is 1. The van der Waals surface area contributed by atoms with Gasteiger partial charge in [0, 0.05) is 105 Å². The Kier molecular flexibility index (Phi) is 44.9. The van der Waals surface area contributed by atoms with Gasteiger partial charge in [0.2, 0.25) is 0 Å². The summed E-state index contributed by atoms with van der Waals surface area (Å²) >= 11 is 0. The molecule has 1 N–H and O–H groups in total. The molecule has 0 heterocycles. The fourth-order valence-corrected chi connectivity index (χ4v) is 0.799. The Morgan fingerprint density at radius 2 is 1.60 bits per heavy atom. The van der Waals surface area contributed by atoms with Crippen LogP contribution in [0.2, 0.25) is 0 Å². The Bertz CT molecular complexity index is 136. The fourth-order valence-electron chi connectivity index (χ4n) is 0.799. The third-order valence-electron chi connectivity index (χ3n) is 1.43. The van der Waals surface area contributed by atoms with Gasteiger partial charge in [0.1, 0.15) is 0 Å². The van der Waals surface area contributed by atoms with E-state index in [4.69, 9.17) is 5.11 Å². The number of aliphatic hydroxyl groups excluding tert-OH is 1. The van der Waals surface area contributed by atoms with Crippen molar-refractivity contribution in [3.63, 3.8) is 0 Å². The smallest absolute Gasteiger partial charge is 0.0432 e. The van der Waals surface area contributed by atoms with E-state index in [-0.39, 0.29) is 105 Å². The molecule has 0 rings (SSSR count). The number of aliphatic hydroxyl groups is 1. The molecule has 0 spiro atoms. The van der Waals surface area contributed by atoms with Gasteiger partial charge in [-0.1, -0.05) is 19.8 Å². The average Bonchev–Trinajstić information content (AvgIpc) is 2.10. The molecule has 4 heteroatoms. The molecule has 0 fully saturated rings. The van der Waals surface area contributed by atoms with Crippen LogP contribution in [0.1, 0.15) is 39.0 Å². The minimum Gasteiger partial charge on any atom is -0.501 e. The molecule has 79 valence electrons. The minimum atomic E-state index is 0. The topological polar surface area (TPSA) is 20.2 Å². The summed E-state index contributed by atoms with van der Waals surface area (Å²) in [5.41, 5.74) is 0. The molecule has 0 aliphatic carbocycles. The van der Waals surface area contributed by atoms with Gasteiger partial charge in [0.15, 0.2) is 0 Å². The molecule has 0 aliphatic rings. The maximum absolute atomic E-state index is 8.47. The van der Waals surface area contributed by atoms with Crippen molar-refractivity contribution in [1.82, 2.24) is 0 Å². The van der Waals surface area contributed by atoms with Crippen LogP contribution in [0.3, 0.4) is 0 Å². The summed E-state index contributed by atoms with van der Waals surface area (Å²) in [7, 11) is 0. The molecule has 0 bridgehead atoms. The Labute approximate surface area is 170 Å². The first kappa shape index (κ1) is 26.3. The molecule has 0 saturated heterocycles. The predicted octanol–water partition coefficient (Wildman–Crippen LogP) is 2.66. The standard InChI is InChI=1S/C11H18O.3Y/c1-2-3-4-5-6-7-8-9-10-11-12;;;/h4,8,12H,2,5-6,9-11H2,1H3;;;/q-2;;;. The first-order valence-electron chi connectivity index (χ1n) is 4.62. The molecule has 0 atom stereocenters. The summed E-state index contributed by atoms with van der Waals surface area (Å²) in [5, 5.41) is 8.47. The van der Waals surface area contributed by atoms with Crippen LogP contribution in [-0.4, -0.2) is 11.7 Å². The molecule has 1 nitrogen and oxygen atoms in total. The molecule has 15 heavy (non-hydrogen) atoms. The van der Waals surface area contributed by atoms with Crippen molar-refractivity contribution in [3.8, 4) is 0 Å². The van der Waals surface area contributed by atoms with Crippen LogP contribution in [0.4, 0.5) is 0 Å². The minimum absolute atomic E-state index is 0. The quantitative estimate of drug-likeness (QED) is 0.484. The van der Waals surface area contributed by atoms with E-state index in [2.05, 4.69) is 25.2 Å². The van der Waals surface area contributed by atoms with Crippen molar-refractivity contribution in [2.75, 3.05) is 6.61 Å². The molecule has 0 amide bonds. The number of allylic oxidation sites excluding steroid dienone is 4. The Morgan fingerprint density at radius 3 is 2.13 bits per heavy atom. The number of unbranched alkanes of at least 4 members (excludes halogenated alkanes) is 2. The number of hydrogen-bond donors (Lipinski definition) is 1. The molecule has 0 unspecified atom stereocenters. The fraction of sp³-hybridized carbons (Fsp3) is 0.636. The Hall–Kier alpha value is 2.75. The van der Waals surface area contributed by atoms with E-state index in [1.54, 1.807) is 0 Å². The van der Waals surface area contributed by atoms with E-state index in [1.165, 1.54) is 0 Å². The van der Waals surface area contributed by atoms with Gasteiger partial charge in [-0.15, -0.1) is 0 Å². The predicted molar refractivity (Wildman–Crippen MR) is 51.5 cm³/mol. The van der Waals surface area contributed by atoms with E-state index in [1.807, 2.05) is 6.08 Å². The SMILES string of the molecule is CC[C-]=CCC[C-]=CCCCO.[Y].[Y].[Y]. The van der Waals surface area contributed by atoms with Crippen molar-refractivity contribution < 1.29 is 103 Å². The molecule has 0 saturated carbocycles. The summed E-state index contributed by atoms with van der Waals surface area (Å²) in [6.07, 6.45) is 15.2. The summed E-state index contributed by atoms with van der Waals surface area (Å²) in [5.74, 6) is 0. The molecular formula is C11H18OY3-2. The van der Waals surface area contributed by atoms with Crippen LogP contribution in [0.5, 0.6) is 0 Å². The Balaban J connectivity index is -0.000000202. The third kappa shape index (κ3) is 26.4. The molecule has 0 aliphatic heterocycles. The van der Waals surface area contributed by atoms with Gasteiger partial charge in [-0.05, 0) is 6.42 Å². The zero-order valence-electron chi connectivity index (χ0n) is 9.58. The van der Waals surface area contributed by atoms with E-state index in [0.29, 0.717) is 0 Å². The van der Waals surface area contributed by atoms with Crippen LogP contribution >= 0.6 is 0 Å². The van der Waals surface area contributed by atoms with Crippen molar-refractivity contribution in [2.45, 2.75) is 39.0 Å². The molecular weight excluding hydrogens is 415 g/mol. The van der Waals surface area contributed by atoms with Gasteiger partial charge in [0.25, 0.3) is 0 Å². The van der Waals surface area contributed by atoms with Crippen molar-refractivity contribution >= 4 is 0 Å². The third-order valence-corrected chi connectivity index (χ3v) is 1.43. The second-order valence-corrected chi connectivity index (χ2v) is 2.57. The van der Waals surface area contributed by atoms with Crippen molar-refractivity contribution in [1.29, 1.82) is 0 Å². The zero-order chi connectivity index (χ0) is 9.07. The molecule has 0 aromatic rings. The van der Waals surface area contributed by atoms with Gasteiger partial charge < -0.3 is 17.3 Å². The molecule has 3 radical (unpaired) electrons. The number of rotatable bonds is 7. The largest absolute Gasteiger partial charge is 0.501 e. The van der Waals surface area contributed by atoms with Crippen LogP contribution < -0.4 is 0 Å². The Morgan fingerprint density at radius 1 is 1.00 bits per heavy atom. The zero-order valence-corrected chi connectivity index (χ0v) is 18.1. The summed E-state index contributed by atoms with van der Waals surface area (Å²) in [6, 6.07) is 0. The van der Waals surface area contributed by atoms with Gasteiger partial charge in [-0.3, -0.25) is 12.2 Å². The maximum Gasteiger partial charge on any atom is 0.0432 e. The van der Waals surface area contributed by atoms with Gasteiger partial charge in [-0.2, -0.15) is 12.8 Å². The van der Waals surface area contributed by atoms with E-state index in [9.17, 15) is 0 Å². The average molecular weight is 433 g/mol. The summed E-state index contributed by atoms with van der Waals surface area (Å²) in [4.78, 5) is 0. The van der Waals surface area contributed by atoms with Crippen molar-refractivity contribution in [2.24, 2.45) is 0 Å². The monoisotopic (exact) mass is 433 g/mol. The molecule has 0 aromatic carbocycles. The maximum atomic E-state index is 8.47. The summed E-state index contributed by atoms with van der Waals surface area (Å²) < 4.78 is 0. The summed E-state index contributed by atoms with van der Waals surface area (Å²) in [6.45, 7) is 2.36. The van der Waals surface area contributed by atoms with Gasteiger partial charge in [-0.25, -0.2) is 0 Å².